The number of hydrogen-bond donors (Lipinski definition) is 1. The molecule has 0 radical (unpaired) electrons. The van der Waals surface area contributed by atoms with Gasteiger partial charge < -0.3 is 19.4 Å². The first-order valence-electron chi connectivity index (χ1n) is 9.56. The molecule has 2 aromatic carbocycles. The van der Waals surface area contributed by atoms with Crippen LogP contribution in [0.3, 0.4) is 0 Å². The molecule has 2 aromatic heterocycles. The Morgan fingerprint density at radius 1 is 1.14 bits per heavy atom. The third kappa shape index (κ3) is 3.10. The average molecular weight is 393 g/mol. The van der Waals surface area contributed by atoms with Crippen LogP contribution in [0, 0.1) is 6.08 Å². The number of halogens is 1. The van der Waals surface area contributed by atoms with Gasteiger partial charge in [-0.3, -0.25) is 0 Å². The van der Waals surface area contributed by atoms with Crippen LogP contribution < -0.4 is 14.4 Å². The Morgan fingerprint density at radius 3 is 2.76 bits per heavy atom. The van der Waals surface area contributed by atoms with Crippen molar-refractivity contribution in [2.45, 2.75) is 18.9 Å². The van der Waals surface area contributed by atoms with E-state index in [-0.39, 0.29) is 6.04 Å². The van der Waals surface area contributed by atoms with Crippen LogP contribution in [0.2, 0.25) is 0 Å². The van der Waals surface area contributed by atoms with Crippen molar-refractivity contribution in [1.82, 2.24) is 19.9 Å². The molecule has 0 bridgehead atoms. The molecule has 0 unspecified atom stereocenters. The number of hydrogen-bond acceptors (Lipinski definition) is 6. The normalized spacial score (nSPS) is 16.6. The standard InChI is InChI=1S/C21H20FN5O2/c1-28-16-8-9-17(15-7-3-2-6-14(15)16)29-11-13-5-4-10-27(13)20-18-19(23-12-24-20)26-21(22)25-18/h2-3,6-9,12-13H,4-5,10-11H2,1H3,(H,23,24,25,26)/t13-/m1/s1. The van der Waals surface area contributed by atoms with Crippen molar-refractivity contribution in [1.29, 1.82) is 0 Å². The summed E-state index contributed by atoms with van der Waals surface area (Å²) in [7, 11) is 1.67. The van der Waals surface area contributed by atoms with Crippen molar-refractivity contribution in [2.24, 2.45) is 0 Å². The Hall–Kier alpha value is -3.42. The van der Waals surface area contributed by atoms with E-state index in [0.717, 1.165) is 41.7 Å². The van der Waals surface area contributed by atoms with E-state index in [9.17, 15) is 4.39 Å². The third-order valence-electron chi connectivity index (χ3n) is 5.38. The van der Waals surface area contributed by atoms with E-state index in [0.29, 0.717) is 23.6 Å². The van der Waals surface area contributed by atoms with Crippen LogP contribution in [-0.2, 0) is 0 Å². The van der Waals surface area contributed by atoms with Gasteiger partial charge in [0.05, 0.1) is 13.2 Å². The molecule has 1 atom stereocenters. The molecule has 1 aliphatic rings. The zero-order chi connectivity index (χ0) is 19.8. The van der Waals surface area contributed by atoms with E-state index in [1.807, 2.05) is 36.4 Å². The first-order valence-corrected chi connectivity index (χ1v) is 9.56. The molecule has 1 fully saturated rings. The molecule has 1 aliphatic heterocycles. The highest BCUT2D eigenvalue weighted by molar-refractivity contribution is 5.93. The number of rotatable bonds is 5. The van der Waals surface area contributed by atoms with E-state index in [4.69, 9.17) is 9.47 Å². The number of aromatic amines is 1. The number of aromatic nitrogens is 4. The van der Waals surface area contributed by atoms with Crippen molar-refractivity contribution in [2.75, 3.05) is 25.2 Å². The second-order valence-electron chi connectivity index (χ2n) is 7.04. The third-order valence-corrected chi connectivity index (χ3v) is 5.38. The molecule has 7 nitrogen and oxygen atoms in total. The molecule has 5 rings (SSSR count). The topological polar surface area (TPSA) is 76.2 Å². The summed E-state index contributed by atoms with van der Waals surface area (Å²) in [6, 6.07) is 12.0. The van der Waals surface area contributed by atoms with Crippen LogP contribution in [0.1, 0.15) is 12.8 Å². The van der Waals surface area contributed by atoms with Crippen molar-refractivity contribution in [3.05, 3.63) is 48.8 Å². The quantitative estimate of drug-likeness (QED) is 0.521. The summed E-state index contributed by atoms with van der Waals surface area (Å²) in [5.74, 6) is 2.30. The number of nitrogens with zero attached hydrogens (tertiary/aromatic N) is 4. The Balaban J connectivity index is 1.42. The largest absolute Gasteiger partial charge is 0.496 e. The van der Waals surface area contributed by atoms with Crippen molar-refractivity contribution in [3.63, 3.8) is 0 Å². The number of nitrogens with one attached hydrogen (secondary N) is 1. The lowest BCUT2D eigenvalue weighted by molar-refractivity contribution is 0.291. The van der Waals surface area contributed by atoms with Gasteiger partial charge in [-0.05, 0) is 25.0 Å². The fraction of sp³-hybridized carbons (Fsp3) is 0.286. The van der Waals surface area contributed by atoms with Gasteiger partial charge in [-0.25, -0.2) is 9.97 Å². The molecule has 1 N–H and O–H groups in total. The first-order chi connectivity index (χ1) is 14.2. The lowest BCUT2D eigenvalue weighted by Gasteiger charge is -2.26. The summed E-state index contributed by atoms with van der Waals surface area (Å²) >= 11 is 0. The maximum atomic E-state index is 13.6. The van der Waals surface area contributed by atoms with Crippen LogP contribution in [0.4, 0.5) is 10.2 Å². The number of fused-ring (bicyclic) bond motifs is 2. The predicted molar refractivity (Wildman–Crippen MR) is 108 cm³/mol. The second-order valence-corrected chi connectivity index (χ2v) is 7.04. The number of ether oxygens (including phenoxy) is 2. The Bertz CT molecular complexity index is 1180. The molecule has 0 aliphatic carbocycles. The predicted octanol–water partition coefficient (Wildman–Crippen LogP) is 3.70. The maximum Gasteiger partial charge on any atom is 0.289 e. The Labute approximate surface area is 166 Å². The number of methoxy groups -OCH3 is 1. The van der Waals surface area contributed by atoms with Gasteiger partial charge in [0.2, 0.25) is 0 Å². The lowest BCUT2D eigenvalue weighted by atomic mass is 10.1. The minimum atomic E-state index is -0.654. The van der Waals surface area contributed by atoms with Gasteiger partial charge in [0, 0.05) is 17.3 Å². The summed E-state index contributed by atoms with van der Waals surface area (Å²) in [5, 5.41) is 2.03. The number of benzene rings is 2. The smallest absolute Gasteiger partial charge is 0.289 e. The van der Waals surface area contributed by atoms with Gasteiger partial charge >= 0.3 is 0 Å². The van der Waals surface area contributed by atoms with Crippen molar-refractivity contribution >= 4 is 27.8 Å². The SMILES string of the molecule is COc1ccc(OC[C@H]2CCCN2c2ncnc3nc(F)[nH]c23)c2ccccc12. The number of H-pyrrole nitrogens is 1. The van der Waals surface area contributed by atoms with E-state index in [2.05, 4.69) is 24.8 Å². The van der Waals surface area contributed by atoms with Crippen LogP contribution >= 0.6 is 0 Å². The Morgan fingerprint density at radius 2 is 1.93 bits per heavy atom. The van der Waals surface area contributed by atoms with Crippen molar-refractivity contribution < 1.29 is 13.9 Å². The van der Waals surface area contributed by atoms with Gasteiger partial charge in [-0.1, -0.05) is 24.3 Å². The second kappa shape index (κ2) is 7.20. The van der Waals surface area contributed by atoms with Crippen LogP contribution in [-0.4, -0.2) is 46.2 Å². The van der Waals surface area contributed by atoms with Crippen LogP contribution in [0.5, 0.6) is 11.5 Å². The molecule has 148 valence electrons. The van der Waals surface area contributed by atoms with E-state index >= 15 is 0 Å². The molecule has 0 spiro atoms. The Kier molecular flexibility index (Phi) is 4.38. The maximum absolute atomic E-state index is 13.6. The van der Waals surface area contributed by atoms with Crippen LogP contribution in [0.25, 0.3) is 21.9 Å². The van der Waals surface area contributed by atoms with Crippen LogP contribution in [0.15, 0.2) is 42.7 Å². The molecule has 29 heavy (non-hydrogen) atoms. The minimum absolute atomic E-state index is 0.125. The molecule has 1 saturated heterocycles. The highest BCUT2D eigenvalue weighted by Crippen LogP contribution is 2.34. The number of anilines is 1. The zero-order valence-electron chi connectivity index (χ0n) is 15.9. The fourth-order valence-electron chi connectivity index (χ4n) is 4.03. The highest BCUT2D eigenvalue weighted by Gasteiger charge is 2.29. The summed E-state index contributed by atoms with van der Waals surface area (Å²) < 4.78 is 25.3. The summed E-state index contributed by atoms with van der Waals surface area (Å²) in [6.07, 6.45) is 2.75. The summed E-state index contributed by atoms with van der Waals surface area (Å²) in [5.41, 5.74) is 0.854. The molecular weight excluding hydrogens is 373 g/mol. The fourth-order valence-corrected chi connectivity index (χ4v) is 4.03. The number of imidazole rings is 1. The van der Waals surface area contributed by atoms with E-state index in [1.54, 1.807) is 7.11 Å². The summed E-state index contributed by atoms with van der Waals surface area (Å²) in [4.78, 5) is 17.0. The van der Waals surface area contributed by atoms with Gasteiger partial charge in [0.25, 0.3) is 6.08 Å². The first kappa shape index (κ1) is 17.7. The van der Waals surface area contributed by atoms with E-state index in [1.165, 1.54) is 6.33 Å². The molecule has 3 heterocycles. The highest BCUT2D eigenvalue weighted by atomic mass is 19.1. The summed E-state index contributed by atoms with van der Waals surface area (Å²) in [6.45, 7) is 1.32. The van der Waals surface area contributed by atoms with Crippen molar-refractivity contribution in [3.8, 4) is 11.5 Å². The average Bonchev–Trinajstić information content (AvgIpc) is 3.37. The van der Waals surface area contributed by atoms with Gasteiger partial charge in [0.15, 0.2) is 11.5 Å². The lowest BCUT2D eigenvalue weighted by Crippen LogP contribution is -2.35. The molecule has 0 amide bonds. The zero-order valence-corrected chi connectivity index (χ0v) is 15.9. The molecular formula is C21H20FN5O2. The molecule has 0 saturated carbocycles. The molecule has 4 aromatic rings. The van der Waals surface area contributed by atoms with Gasteiger partial charge in [0.1, 0.15) is 29.9 Å². The van der Waals surface area contributed by atoms with E-state index < -0.39 is 6.08 Å². The molecule has 8 heteroatoms. The monoisotopic (exact) mass is 393 g/mol. The minimum Gasteiger partial charge on any atom is -0.496 e. The van der Waals surface area contributed by atoms with Gasteiger partial charge in [-0.2, -0.15) is 9.37 Å². The van der Waals surface area contributed by atoms with Gasteiger partial charge in [-0.15, -0.1) is 0 Å².